The zero-order valence-corrected chi connectivity index (χ0v) is 9.59. The monoisotopic (exact) mass is 228 g/mol. The molecule has 0 aliphatic rings. The van der Waals surface area contributed by atoms with E-state index in [1.54, 1.807) is 24.9 Å². The zero-order chi connectivity index (χ0) is 11.1. The number of aromatic nitrogens is 2. The van der Waals surface area contributed by atoms with Crippen LogP contribution in [0.3, 0.4) is 0 Å². The number of thioether (sulfide) groups is 1. The number of rotatable bonds is 6. The lowest BCUT2D eigenvalue weighted by atomic mass is 10.4. The number of methoxy groups -OCH3 is 1. The maximum Gasteiger partial charge on any atom is 0.191 e. The molecule has 0 amide bonds. The van der Waals surface area contributed by atoms with Crippen LogP contribution in [-0.2, 0) is 4.74 Å². The normalized spacial score (nSPS) is 10.5. The first-order valence-corrected chi connectivity index (χ1v) is 5.72. The number of hydrogen-bond donors (Lipinski definition) is 2. The van der Waals surface area contributed by atoms with Crippen LogP contribution < -0.4 is 11.5 Å². The molecule has 0 aliphatic carbocycles. The van der Waals surface area contributed by atoms with Gasteiger partial charge in [-0.25, -0.2) is 9.97 Å². The van der Waals surface area contributed by atoms with Crippen molar-refractivity contribution in [2.75, 3.05) is 30.9 Å². The summed E-state index contributed by atoms with van der Waals surface area (Å²) >= 11 is 1.56. The molecule has 0 unspecified atom stereocenters. The Hall–Kier alpha value is -1.01. The van der Waals surface area contributed by atoms with E-state index >= 15 is 0 Å². The molecule has 4 N–H and O–H groups in total. The summed E-state index contributed by atoms with van der Waals surface area (Å²) in [6.45, 7) is 0.792. The number of nitrogen functional groups attached to an aromatic ring is 2. The van der Waals surface area contributed by atoms with Gasteiger partial charge in [-0.1, -0.05) is 11.8 Å². The maximum absolute atomic E-state index is 5.55. The van der Waals surface area contributed by atoms with Gasteiger partial charge in [0.2, 0.25) is 0 Å². The van der Waals surface area contributed by atoms with Crippen LogP contribution in [0.1, 0.15) is 12.8 Å². The Morgan fingerprint density at radius 2 is 1.93 bits per heavy atom. The van der Waals surface area contributed by atoms with Gasteiger partial charge in [0.15, 0.2) is 5.16 Å². The first-order valence-electron chi connectivity index (χ1n) is 4.74. The van der Waals surface area contributed by atoms with Crippen molar-refractivity contribution in [1.82, 2.24) is 9.97 Å². The summed E-state index contributed by atoms with van der Waals surface area (Å²) in [5.74, 6) is 1.79. The number of unbranched alkanes of at least 4 members (excludes halogenated alkanes) is 1. The third-order valence-electron chi connectivity index (χ3n) is 1.72. The Labute approximate surface area is 93.6 Å². The maximum atomic E-state index is 5.55. The third-order valence-corrected chi connectivity index (χ3v) is 2.65. The standard InChI is InChI=1S/C9H16N4OS/c1-14-4-2-3-5-15-9-12-7(10)6-8(11)13-9/h6H,2-5H2,1H3,(H4,10,11,12,13). The molecule has 1 rings (SSSR count). The second-order valence-electron chi connectivity index (χ2n) is 3.05. The van der Waals surface area contributed by atoms with Gasteiger partial charge in [-0.15, -0.1) is 0 Å². The summed E-state index contributed by atoms with van der Waals surface area (Å²) < 4.78 is 4.95. The molecule has 1 heterocycles. The molecule has 6 heteroatoms. The molecule has 1 aromatic rings. The van der Waals surface area contributed by atoms with Crippen LogP contribution in [0.4, 0.5) is 11.6 Å². The SMILES string of the molecule is COCCCCSc1nc(N)cc(N)n1. The van der Waals surface area contributed by atoms with Gasteiger partial charge in [0.05, 0.1) is 0 Å². The first kappa shape index (κ1) is 12.1. The minimum atomic E-state index is 0.418. The van der Waals surface area contributed by atoms with Gasteiger partial charge in [0.1, 0.15) is 11.6 Å². The summed E-state index contributed by atoms with van der Waals surface area (Å²) in [4.78, 5) is 8.14. The van der Waals surface area contributed by atoms with E-state index in [0.29, 0.717) is 16.8 Å². The van der Waals surface area contributed by atoms with E-state index in [2.05, 4.69) is 9.97 Å². The van der Waals surface area contributed by atoms with Crippen molar-refractivity contribution in [3.63, 3.8) is 0 Å². The molecule has 0 radical (unpaired) electrons. The van der Waals surface area contributed by atoms with E-state index in [9.17, 15) is 0 Å². The number of ether oxygens (including phenoxy) is 1. The predicted molar refractivity (Wildman–Crippen MR) is 62.7 cm³/mol. The highest BCUT2D eigenvalue weighted by molar-refractivity contribution is 7.99. The van der Waals surface area contributed by atoms with Gasteiger partial charge in [-0.2, -0.15) is 0 Å². The molecule has 5 nitrogen and oxygen atoms in total. The second-order valence-corrected chi connectivity index (χ2v) is 4.11. The van der Waals surface area contributed by atoms with Gasteiger partial charge in [0, 0.05) is 25.5 Å². The molecule has 15 heavy (non-hydrogen) atoms. The molecule has 0 saturated heterocycles. The molecule has 84 valence electrons. The first-order chi connectivity index (χ1) is 7.22. The van der Waals surface area contributed by atoms with E-state index in [-0.39, 0.29) is 0 Å². The highest BCUT2D eigenvalue weighted by Crippen LogP contribution is 2.17. The van der Waals surface area contributed by atoms with Crippen molar-refractivity contribution in [2.24, 2.45) is 0 Å². The Kier molecular flexibility index (Phi) is 5.20. The lowest BCUT2D eigenvalue weighted by Gasteiger charge is -2.02. The van der Waals surface area contributed by atoms with E-state index in [0.717, 1.165) is 25.2 Å². The molecule has 0 aromatic carbocycles. The van der Waals surface area contributed by atoms with Crippen LogP contribution in [0.5, 0.6) is 0 Å². The minimum Gasteiger partial charge on any atom is -0.385 e. The smallest absolute Gasteiger partial charge is 0.191 e. The van der Waals surface area contributed by atoms with Gasteiger partial charge < -0.3 is 16.2 Å². The van der Waals surface area contributed by atoms with E-state index in [1.165, 1.54) is 0 Å². The highest BCUT2D eigenvalue weighted by Gasteiger charge is 2.00. The third kappa shape index (κ3) is 4.85. The Balaban J connectivity index is 2.31. The number of nitrogens with zero attached hydrogens (tertiary/aromatic N) is 2. The van der Waals surface area contributed by atoms with Gasteiger partial charge in [0.25, 0.3) is 0 Å². The summed E-state index contributed by atoms with van der Waals surface area (Å²) in [5, 5.41) is 0.643. The number of anilines is 2. The van der Waals surface area contributed by atoms with Crippen molar-refractivity contribution in [2.45, 2.75) is 18.0 Å². The Morgan fingerprint density at radius 3 is 2.53 bits per heavy atom. The quantitative estimate of drug-likeness (QED) is 0.431. The van der Waals surface area contributed by atoms with Crippen LogP contribution in [0, 0.1) is 0 Å². The molecule has 0 atom stereocenters. The lowest BCUT2D eigenvalue weighted by Crippen LogP contribution is -1.99. The summed E-state index contributed by atoms with van der Waals surface area (Å²) in [7, 11) is 1.70. The highest BCUT2D eigenvalue weighted by atomic mass is 32.2. The largest absolute Gasteiger partial charge is 0.385 e. The van der Waals surface area contributed by atoms with Crippen molar-refractivity contribution in [3.8, 4) is 0 Å². The average molecular weight is 228 g/mol. The Morgan fingerprint density at radius 1 is 1.27 bits per heavy atom. The summed E-state index contributed by atoms with van der Waals surface area (Å²) in [6, 6.07) is 1.55. The summed E-state index contributed by atoms with van der Waals surface area (Å²) in [5.41, 5.74) is 11.1. The fourth-order valence-corrected chi connectivity index (χ4v) is 1.91. The molecule has 0 bridgehead atoms. The van der Waals surface area contributed by atoms with E-state index in [4.69, 9.17) is 16.2 Å². The van der Waals surface area contributed by atoms with Crippen molar-refractivity contribution in [1.29, 1.82) is 0 Å². The molecular formula is C9H16N4OS. The van der Waals surface area contributed by atoms with Crippen LogP contribution in [0.2, 0.25) is 0 Å². The van der Waals surface area contributed by atoms with Crippen LogP contribution in [0.25, 0.3) is 0 Å². The van der Waals surface area contributed by atoms with E-state index in [1.807, 2.05) is 0 Å². The van der Waals surface area contributed by atoms with Crippen LogP contribution in [-0.4, -0.2) is 29.4 Å². The molecule has 0 fully saturated rings. The molecule has 0 aliphatic heterocycles. The average Bonchev–Trinajstić information content (AvgIpc) is 2.16. The van der Waals surface area contributed by atoms with Gasteiger partial charge >= 0.3 is 0 Å². The van der Waals surface area contributed by atoms with Crippen molar-refractivity contribution in [3.05, 3.63) is 6.07 Å². The fraction of sp³-hybridized carbons (Fsp3) is 0.556. The van der Waals surface area contributed by atoms with Gasteiger partial charge in [-0.05, 0) is 12.8 Å². The predicted octanol–water partition coefficient (Wildman–Crippen LogP) is 1.16. The Bertz CT molecular complexity index is 288. The van der Waals surface area contributed by atoms with Crippen molar-refractivity contribution < 1.29 is 4.74 Å². The number of nitrogens with two attached hydrogens (primary N) is 2. The number of hydrogen-bond acceptors (Lipinski definition) is 6. The molecule has 0 spiro atoms. The molecular weight excluding hydrogens is 212 g/mol. The molecule has 1 aromatic heterocycles. The second kappa shape index (κ2) is 6.47. The fourth-order valence-electron chi connectivity index (χ4n) is 1.04. The molecule has 0 saturated carbocycles. The van der Waals surface area contributed by atoms with E-state index < -0.39 is 0 Å². The van der Waals surface area contributed by atoms with Crippen LogP contribution in [0.15, 0.2) is 11.2 Å². The van der Waals surface area contributed by atoms with Crippen LogP contribution >= 0.6 is 11.8 Å². The topological polar surface area (TPSA) is 87.0 Å². The summed E-state index contributed by atoms with van der Waals surface area (Å²) in [6.07, 6.45) is 2.11. The van der Waals surface area contributed by atoms with Crippen molar-refractivity contribution >= 4 is 23.4 Å². The zero-order valence-electron chi connectivity index (χ0n) is 8.77. The minimum absolute atomic E-state index is 0.418. The van der Waals surface area contributed by atoms with Gasteiger partial charge in [-0.3, -0.25) is 0 Å². The lowest BCUT2D eigenvalue weighted by molar-refractivity contribution is 0.194.